The largest absolute Gasteiger partial charge is 0.336 e. The van der Waals surface area contributed by atoms with Gasteiger partial charge in [0.25, 0.3) is 0 Å². The van der Waals surface area contributed by atoms with Crippen molar-refractivity contribution in [3.63, 3.8) is 0 Å². The maximum Gasteiger partial charge on any atom is 0.323 e. The van der Waals surface area contributed by atoms with Crippen molar-refractivity contribution in [1.82, 2.24) is 14.7 Å². The molecule has 154 valence electrons. The molecular weight excluding hydrogens is 378 g/mol. The smallest absolute Gasteiger partial charge is 0.323 e. The van der Waals surface area contributed by atoms with Crippen LogP contribution in [-0.2, 0) is 17.8 Å². The van der Waals surface area contributed by atoms with Crippen molar-refractivity contribution in [2.45, 2.75) is 32.9 Å². The molecule has 0 saturated heterocycles. The highest BCUT2D eigenvalue weighted by Gasteiger charge is 2.27. The van der Waals surface area contributed by atoms with Gasteiger partial charge in [-0.3, -0.25) is 9.48 Å². The molecule has 1 aliphatic heterocycles. The van der Waals surface area contributed by atoms with Gasteiger partial charge in [0.2, 0.25) is 5.91 Å². The minimum absolute atomic E-state index is 0.0415. The number of carbonyl (C=O) groups excluding carboxylic acids is 2. The lowest BCUT2D eigenvalue weighted by Gasteiger charge is -2.32. The lowest BCUT2D eigenvalue weighted by atomic mass is 9.97. The Bertz CT molecular complexity index is 1040. The molecule has 1 atom stereocenters. The van der Waals surface area contributed by atoms with E-state index in [0.717, 1.165) is 28.1 Å². The van der Waals surface area contributed by atoms with Gasteiger partial charge in [0.15, 0.2) is 0 Å². The van der Waals surface area contributed by atoms with Gasteiger partial charge in [-0.1, -0.05) is 29.8 Å². The zero-order chi connectivity index (χ0) is 21.1. The van der Waals surface area contributed by atoms with Crippen molar-refractivity contribution in [3.8, 4) is 0 Å². The Morgan fingerprint density at radius 1 is 1.07 bits per heavy atom. The molecule has 30 heavy (non-hydrogen) atoms. The van der Waals surface area contributed by atoms with E-state index in [4.69, 9.17) is 0 Å². The number of hydrogen-bond acceptors (Lipinski definition) is 3. The Kier molecular flexibility index (Phi) is 5.52. The molecule has 2 aromatic carbocycles. The average Bonchev–Trinajstić information content (AvgIpc) is 3.29. The number of carbonyl (C=O) groups is 2. The molecule has 7 nitrogen and oxygen atoms in total. The van der Waals surface area contributed by atoms with Crippen LogP contribution in [0.4, 0.5) is 16.2 Å². The number of hydrogen-bond donors (Lipinski definition) is 2. The molecule has 4 rings (SSSR count). The molecule has 2 heterocycles. The van der Waals surface area contributed by atoms with Gasteiger partial charge in [0.1, 0.15) is 6.04 Å². The standard InChI is InChI=1S/C23H25N5O2/c1-16-7-9-19(10-8-16)25-23(30)26-21-6-3-5-18-15-27(14-11-20(18)21)22(29)17(2)28-13-4-12-24-28/h3-10,12-13,17H,11,14-15H2,1-2H3,(H2,25,26,30). The van der Waals surface area contributed by atoms with Crippen LogP contribution in [0.5, 0.6) is 0 Å². The van der Waals surface area contributed by atoms with Crippen LogP contribution in [0.25, 0.3) is 0 Å². The average molecular weight is 403 g/mol. The van der Waals surface area contributed by atoms with Crippen LogP contribution in [0, 0.1) is 6.92 Å². The van der Waals surface area contributed by atoms with Crippen molar-refractivity contribution in [2.75, 3.05) is 17.2 Å². The van der Waals surface area contributed by atoms with Crippen molar-refractivity contribution >= 4 is 23.3 Å². The Hall–Kier alpha value is -3.61. The molecule has 0 bridgehead atoms. The second kappa shape index (κ2) is 8.41. The third kappa shape index (κ3) is 4.20. The van der Waals surface area contributed by atoms with Crippen LogP contribution in [0.1, 0.15) is 29.7 Å². The van der Waals surface area contributed by atoms with Gasteiger partial charge in [0.05, 0.1) is 0 Å². The summed E-state index contributed by atoms with van der Waals surface area (Å²) in [6.07, 6.45) is 4.16. The summed E-state index contributed by atoms with van der Waals surface area (Å²) in [5.41, 5.74) is 4.79. The molecule has 1 unspecified atom stereocenters. The number of aryl methyl sites for hydroxylation is 1. The molecule has 1 aliphatic rings. The number of anilines is 2. The van der Waals surface area contributed by atoms with Crippen LogP contribution >= 0.6 is 0 Å². The monoisotopic (exact) mass is 403 g/mol. The zero-order valence-corrected chi connectivity index (χ0v) is 17.1. The van der Waals surface area contributed by atoms with E-state index in [1.54, 1.807) is 17.1 Å². The normalized spacial score (nSPS) is 14.0. The molecule has 0 saturated carbocycles. The van der Waals surface area contributed by atoms with E-state index in [-0.39, 0.29) is 18.0 Å². The van der Waals surface area contributed by atoms with Crippen LogP contribution in [0.3, 0.4) is 0 Å². The second-order valence-corrected chi connectivity index (χ2v) is 7.56. The number of aromatic nitrogens is 2. The number of nitrogens with one attached hydrogen (secondary N) is 2. The summed E-state index contributed by atoms with van der Waals surface area (Å²) >= 11 is 0. The molecule has 0 radical (unpaired) electrons. The third-order valence-corrected chi connectivity index (χ3v) is 5.41. The van der Waals surface area contributed by atoms with Gasteiger partial charge < -0.3 is 15.5 Å². The quantitative estimate of drug-likeness (QED) is 0.692. The van der Waals surface area contributed by atoms with E-state index < -0.39 is 0 Å². The van der Waals surface area contributed by atoms with E-state index >= 15 is 0 Å². The van der Waals surface area contributed by atoms with Crippen LogP contribution < -0.4 is 10.6 Å². The van der Waals surface area contributed by atoms with Crippen LogP contribution in [-0.4, -0.2) is 33.2 Å². The van der Waals surface area contributed by atoms with E-state index in [2.05, 4.69) is 15.7 Å². The number of benzene rings is 2. The third-order valence-electron chi connectivity index (χ3n) is 5.41. The molecule has 0 aliphatic carbocycles. The summed E-state index contributed by atoms with van der Waals surface area (Å²) in [6, 6.07) is 14.7. The first-order valence-corrected chi connectivity index (χ1v) is 10.0. The fraction of sp³-hybridized carbons (Fsp3) is 0.261. The molecule has 3 aromatic rings. The highest BCUT2D eigenvalue weighted by molar-refractivity contribution is 6.00. The fourth-order valence-electron chi connectivity index (χ4n) is 3.72. The SMILES string of the molecule is Cc1ccc(NC(=O)Nc2cccc3c2CCN(C(=O)C(C)n2cccn2)C3)cc1. The maximum absolute atomic E-state index is 12.9. The second-order valence-electron chi connectivity index (χ2n) is 7.56. The number of urea groups is 1. The number of nitrogens with zero attached hydrogens (tertiary/aromatic N) is 3. The minimum atomic E-state index is -0.344. The van der Waals surface area contributed by atoms with Crippen LogP contribution in [0.2, 0.25) is 0 Å². The van der Waals surface area contributed by atoms with Gasteiger partial charge in [-0.25, -0.2) is 4.79 Å². The maximum atomic E-state index is 12.9. The lowest BCUT2D eigenvalue weighted by molar-refractivity contribution is -0.135. The molecule has 0 spiro atoms. The summed E-state index contributed by atoms with van der Waals surface area (Å²) in [5.74, 6) is 0.0415. The predicted molar refractivity (Wildman–Crippen MR) is 116 cm³/mol. The summed E-state index contributed by atoms with van der Waals surface area (Å²) < 4.78 is 1.67. The van der Waals surface area contributed by atoms with Crippen molar-refractivity contribution in [2.24, 2.45) is 0 Å². The first-order valence-electron chi connectivity index (χ1n) is 10.0. The summed E-state index contributed by atoms with van der Waals surface area (Å²) in [7, 11) is 0. The minimum Gasteiger partial charge on any atom is -0.336 e. The van der Waals surface area contributed by atoms with Crippen molar-refractivity contribution < 1.29 is 9.59 Å². The fourth-order valence-corrected chi connectivity index (χ4v) is 3.72. The molecule has 7 heteroatoms. The topological polar surface area (TPSA) is 79.3 Å². The molecule has 1 aromatic heterocycles. The first kappa shape index (κ1) is 19.7. The molecular formula is C23H25N5O2. The Labute approximate surface area is 175 Å². The Morgan fingerprint density at radius 3 is 2.60 bits per heavy atom. The van der Waals surface area contributed by atoms with Crippen molar-refractivity contribution in [3.05, 3.63) is 77.6 Å². The number of amides is 3. The van der Waals surface area contributed by atoms with Gasteiger partial charge in [-0.05, 0) is 55.7 Å². The van der Waals surface area contributed by atoms with Crippen molar-refractivity contribution in [1.29, 1.82) is 0 Å². The van der Waals surface area contributed by atoms with Crippen LogP contribution in [0.15, 0.2) is 60.9 Å². The van der Waals surface area contributed by atoms with E-state index in [9.17, 15) is 9.59 Å². The summed E-state index contributed by atoms with van der Waals surface area (Å²) in [6.45, 7) is 4.99. The lowest BCUT2D eigenvalue weighted by Crippen LogP contribution is -2.40. The molecule has 3 amide bonds. The van der Waals surface area contributed by atoms with E-state index in [1.807, 2.05) is 67.3 Å². The Morgan fingerprint density at radius 2 is 1.87 bits per heavy atom. The zero-order valence-electron chi connectivity index (χ0n) is 17.1. The number of fused-ring (bicyclic) bond motifs is 1. The molecule has 2 N–H and O–H groups in total. The van der Waals surface area contributed by atoms with Gasteiger partial charge >= 0.3 is 6.03 Å². The Balaban J connectivity index is 1.44. The highest BCUT2D eigenvalue weighted by atomic mass is 16.2. The van der Waals surface area contributed by atoms with Gasteiger partial charge in [-0.2, -0.15) is 5.10 Å². The first-order chi connectivity index (χ1) is 14.5. The highest BCUT2D eigenvalue weighted by Crippen LogP contribution is 2.27. The van der Waals surface area contributed by atoms with Gasteiger partial charge in [0, 0.05) is 36.9 Å². The summed E-state index contributed by atoms with van der Waals surface area (Å²) in [5, 5.41) is 9.99. The summed E-state index contributed by atoms with van der Waals surface area (Å²) in [4.78, 5) is 27.2. The predicted octanol–water partition coefficient (Wildman–Crippen LogP) is 3.98. The van der Waals surface area contributed by atoms with E-state index in [0.29, 0.717) is 19.5 Å². The molecule has 0 fully saturated rings. The van der Waals surface area contributed by atoms with Gasteiger partial charge in [-0.15, -0.1) is 0 Å². The number of rotatable bonds is 4. The van der Waals surface area contributed by atoms with E-state index in [1.165, 1.54) is 0 Å².